The number of hydrogen-bond acceptors (Lipinski definition) is 12. The largest absolute Gasteiger partial charge is 0.491 e. The normalized spacial score (nSPS) is 11.0. The number of nitro groups is 1. The van der Waals surface area contributed by atoms with Crippen LogP contribution in [-0.2, 0) is 42.6 Å². The number of terminal acetylenes is 1. The van der Waals surface area contributed by atoms with Crippen LogP contribution in [0, 0.1) is 22.5 Å². The van der Waals surface area contributed by atoms with Crippen LogP contribution in [0.2, 0.25) is 0 Å². The fraction of sp³-hybridized carbons (Fsp3) is 0.704. The molecule has 0 aliphatic rings. The highest BCUT2D eigenvalue weighted by molar-refractivity contribution is 5.35. The Morgan fingerprint density at radius 2 is 0.825 bits per heavy atom. The Bertz CT molecular complexity index is 744. The molecule has 1 aromatic rings. The highest BCUT2D eigenvalue weighted by atomic mass is 16.6. The fourth-order valence-corrected chi connectivity index (χ4v) is 2.77. The highest BCUT2D eigenvalue weighted by Crippen LogP contribution is 2.17. The van der Waals surface area contributed by atoms with Gasteiger partial charge in [0.05, 0.1) is 117 Å². The Hall–Kier alpha value is -2.38. The van der Waals surface area contributed by atoms with Crippen LogP contribution in [0.5, 0.6) is 5.75 Å². The van der Waals surface area contributed by atoms with Crippen LogP contribution >= 0.6 is 0 Å². The van der Waals surface area contributed by atoms with Gasteiger partial charge in [0.15, 0.2) is 0 Å². The topological polar surface area (TPSA) is 135 Å². The smallest absolute Gasteiger partial charge is 0.269 e. The van der Waals surface area contributed by atoms with Crippen LogP contribution in [0.15, 0.2) is 24.3 Å². The molecule has 0 heterocycles. The molecule has 0 aromatic heterocycles. The second-order valence-electron chi connectivity index (χ2n) is 7.76. The van der Waals surface area contributed by atoms with Gasteiger partial charge in [-0.15, -0.1) is 6.42 Å². The number of nitrogens with zero attached hydrogens (tertiary/aromatic N) is 1. The Morgan fingerprint density at radius 3 is 1.12 bits per heavy atom. The molecule has 0 amide bonds. The van der Waals surface area contributed by atoms with Crippen LogP contribution in [0.3, 0.4) is 0 Å². The lowest BCUT2D eigenvalue weighted by molar-refractivity contribution is -0.384. The van der Waals surface area contributed by atoms with Crippen molar-refractivity contribution in [3.8, 4) is 18.1 Å². The van der Waals surface area contributed by atoms with Gasteiger partial charge in [0.25, 0.3) is 5.69 Å². The summed E-state index contributed by atoms with van der Waals surface area (Å²) in [6.07, 6.45) is 5.07. The summed E-state index contributed by atoms with van der Waals surface area (Å²) in [6.45, 7) is 8.79. The SMILES string of the molecule is C#CCOCCOCCOCCOCCOCCOCCOCCOCCOCCOc1ccc([N+](=O)[O-])cc1. The zero-order chi connectivity index (χ0) is 28.8. The minimum atomic E-state index is -0.453. The molecular weight excluding hydrogens is 530 g/mol. The van der Waals surface area contributed by atoms with E-state index in [0.717, 1.165) is 0 Å². The molecule has 0 radical (unpaired) electrons. The van der Waals surface area contributed by atoms with E-state index in [1.807, 2.05) is 0 Å². The van der Waals surface area contributed by atoms with Crippen molar-refractivity contribution < 1.29 is 52.3 Å². The average Bonchev–Trinajstić information content (AvgIpc) is 2.96. The standard InChI is InChI=1S/C27H43NO12/c1-2-7-31-8-9-32-10-11-33-12-13-34-14-15-35-16-17-36-18-19-37-20-21-38-22-23-39-24-25-40-27-5-3-26(4-6-27)28(29)30/h1,3-6H,7-25H2. The molecule has 1 rings (SSSR count). The fourth-order valence-electron chi connectivity index (χ4n) is 2.77. The summed E-state index contributed by atoms with van der Waals surface area (Å²) in [5.41, 5.74) is 0.0257. The Kier molecular flexibility index (Phi) is 25.1. The molecule has 1 aromatic carbocycles. The second-order valence-corrected chi connectivity index (χ2v) is 7.76. The van der Waals surface area contributed by atoms with Gasteiger partial charge in [0.1, 0.15) is 19.0 Å². The van der Waals surface area contributed by atoms with Crippen molar-refractivity contribution in [1.82, 2.24) is 0 Å². The molecule has 228 valence electrons. The van der Waals surface area contributed by atoms with E-state index in [0.29, 0.717) is 131 Å². The third-order valence-corrected chi connectivity index (χ3v) is 4.71. The first-order chi connectivity index (χ1) is 19.7. The molecule has 0 unspecified atom stereocenters. The van der Waals surface area contributed by atoms with Crippen molar-refractivity contribution in [2.75, 3.05) is 126 Å². The van der Waals surface area contributed by atoms with Crippen molar-refractivity contribution in [2.45, 2.75) is 0 Å². The number of benzene rings is 1. The first-order valence-corrected chi connectivity index (χ1v) is 13.2. The number of rotatable bonds is 30. The van der Waals surface area contributed by atoms with Gasteiger partial charge in [0.2, 0.25) is 0 Å². The molecule has 0 aliphatic heterocycles. The molecule has 0 aliphatic carbocycles. The molecular formula is C27H43NO12. The van der Waals surface area contributed by atoms with Crippen molar-refractivity contribution in [3.63, 3.8) is 0 Å². The van der Waals surface area contributed by atoms with E-state index in [1.165, 1.54) is 12.1 Å². The molecule has 0 saturated carbocycles. The number of non-ortho nitro benzene ring substituents is 1. The van der Waals surface area contributed by atoms with E-state index >= 15 is 0 Å². The molecule has 0 saturated heterocycles. The molecule has 0 bridgehead atoms. The van der Waals surface area contributed by atoms with Crippen molar-refractivity contribution in [3.05, 3.63) is 34.4 Å². The number of hydrogen-bond donors (Lipinski definition) is 0. The van der Waals surface area contributed by atoms with Crippen molar-refractivity contribution in [1.29, 1.82) is 0 Å². The average molecular weight is 574 g/mol. The lowest BCUT2D eigenvalue weighted by Gasteiger charge is -2.09. The minimum absolute atomic E-state index is 0.0257. The van der Waals surface area contributed by atoms with Gasteiger partial charge in [-0.3, -0.25) is 10.1 Å². The predicted molar refractivity (Wildman–Crippen MR) is 145 cm³/mol. The van der Waals surface area contributed by atoms with E-state index in [-0.39, 0.29) is 5.69 Å². The van der Waals surface area contributed by atoms with E-state index in [1.54, 1.807) is 12.1 Å². The van der Waals surface area contributed by atoms with Gasteiger partial charge in [-0.1, -0.05) is 5.92 Å². The summed E-state index contributed by atoms with van der Waals surface area (Å²) in [6, 6.07) is 5.90. The Balaban J connectivity index is 1.68. The molecule has 13 nitrogen and oxygen atoms in total. The molecule has 0 fully saturated rings. The van der Waals surface area contributed by atoms with Crippen LogP contribution in [-0.4, -0.2) is 130 Å². The van der Waals surface area contributed by atoms with Crippen LogP contribution in [0.25, 0.3) is 0 Å². The van der Waals surface area contributed by atoms with Crippen LogP contribution in [0.4, 0.5) is 5.69 Å². The summed E-state index contributed by atoms with van der Waals surface area (Å²) in [5, 5.41) is 10.6. The van der Waals surface area contributed by atoms with E-state index in [4.69, 9.17) is 53.8 Å². The lowest BCUT2D eigenvalue weighted by atomic mass is 10.3. The van der Waals surface area contributed by atoms with E-state index in [2.05, 4.69) is 5.92 Å². The first kappa shape index (κ1) is 35.6. The maximum atomic E-state index is 10.6. The second kappa shape index (κ2) is 28.2. The molecule has 0 spiro atoms. The zero-order valence-corrected chi connectivity index (χ0v) is 23.2. The molecule has 0 N–H and O–H groups in total. The monoisotopic (exact) mass is 573 g/mol. The predicted octanol–water partition coefficient (Wildman–Crippen LogP) is 1.76. The van der Waals surface area contributed by atoms with Gasteiger partial charge in [0, 0.05) is 12.1 Å². The summed E-state index contributed by atoms with van der Waals surface area (Å²) < 4.78 is 53.8. The molecule has 13 heteroatoms. The van der Waals surface area contributed by atoms with Crippen molar-refractivity contribution in [2.24, 2.45) is 0 Å². The van der Waals surface area contributed by atoms with Crippen molar-refractivity contribution >= 4 is 5.69 Å². The summed E-state index contributed by atoms with van der Waals surface area (Å²) in [4.78, 5) is 10.2. The number of ether oxygens (including phenoxy) is 10. The quantitative estimate of drug-likeness (QED) is 0.0574. The van der Waals surface area contributed by atoms with E-state index in [9.17, 15) is 10.1 Å². The zero-order valence-electron chi connectivity index (χ0n) is 23.2. The van der Waals surface area contributed by atoms with Gasteiger partial charge in [-0.05, 0) is 12.1 Å². The number of nitro benzene ring substituents is 1. The van der Waals surface area contributed by atoms with Gasteiger partial charge in [-0.2, -0.15) is 0 Å². The van der Waals surface area contributed by atoms with E-state index < -0.39 is 4.92 Å². The Morgan fingerprint density at radius 1 is 0.525 bits per heavy atom. The molecule has 40 heavy (non-hydrogen) atoms. The summed E-state index contributed by atoms with van der Waals surface area (Å²) >= 11 is 0. The lowest BCUT2D eigenvalue weighted by Crippen LogP contribution is -2.15. The van der Waals surface area contributed by atoms with Crippen LogP contribution in [0.1, 0.15) is 0 Å². The highest BCUT2D eigenvalue weighted by Gasteiger charge is 2.04. The first-order valence-electron chi connectivity index (χ1n) is 13.2. The minimum Gasteiger partial charge on any atom is -0.491 e. The summed E-state index contributed by atoms with van der Waals surface area (Å²) in [5.74, 6) is 2.95. The third-order valence-electron chi connectivity index (χ3n) is 4.71. The van der Waals surface area contributed by atoms with Gasteiger partial charge < -0.3 is 47.4 Å². The molecule has 0 atom stereocenters. The summed E-state index contributed by atoms with van der Waals surface area (Å²) in [7, 11) is 0. The van der Waals surface area contributed by atoms with Crippen LogP contribution < -0.4 is 4.74 Å². The third kappa shape index (κ3) is 23.5. The maximum Gasteiger partial charge on any atom is 0.269 e. The maximum absolute atomic E-state index is 10.6. The Labute approximate surface area is 236 Å². The van der Waals surface area contributed by atoms with Gasteiger partial charge >= 0.3 is 0 Å². The van der Waals surface area contributed by atoms with Gasteiger partial charge in [-0.25, -0.2) is 0 Å².